The molecule has 0 radical (unpaired) electrons. The van der Waals surface area contributed by atoms with Crippen molar-refractivity contribution in [2.45, 2.75) is 19.4 Å². The first-order chi connectivity index (χ1) is 10.2. The van der Waals surface area contributed by atoms with E-state index in [1.807, 2.05) is 30.9 Å². The summed E-state index contributed by atoms with van der Waals surface area (Å²) in [5.74, 6) is 2.34. The molecule has 1 aliphatic heterocycles. The van der Waals surface area contributed by atoms with E-state index in [0.29, 0.717) is 16.5 Å². The number of fused-ring (bicyclic) bond motifs is 1. The molecule has 0 aliphatic carbocycles. The lowest BCUT2D eigenvalue weighted by Crippen LogP contribution is -2.35. The van der Waals surface area contributed by atoms with Crippen LogP contribution in [0.15, 0.2) is 23.8 Å². The highest BCUT2D eigenvalue weighted by Gasteiger charge is 2.24. The van der Waals surface area contributed by atoms with Crippen LogP contribution < -0.4 is 4.74 Å². The second-order valence-corrected chi connectivity index (χ2v) is 6.32. The van der Waals surface area contributed by atoms with Crippen LogP contribution >= 0.6 is 11.3 Å². The first-order valence-corrected chi connectivity index (χ1v) is 7.94. The molecule has 0 saturated carbocycles. The minimum atomic E-state index is 0.0401. The van der Waals surface area contributed by atoms with Gasteiger partial charge in [0.1, 0.15) is 16.5 Å². The zero-order valence-corrected chi connectivity index (χ0v) is 13.1. The minimum Gasteiger partial charge on any atom is -0.495 e. The molecule has 0 N–H and O–H groups in total. The van der Waals surface area contributed by atoms with E-state index in [4.69, 9.17) is 4.74 Å². The first kappa shape index (κ1) is 14.1. The minimum absolute atomic E-state index is 0.0401. The van der Waals surface area contributed by atoms with E-state index in [2.05, 4.69) is 9.55 Å². The summed E-state index contributed by atoms with van der Waals surface area (Å²) in [7, 11) is 3.46. The smallest absolute Gasteiger partial charge is 0.267 e. The van der Waals surface area contributed by atoms with Gasteiger partial charge in [0.2, 0.25) is 0 Å². The van der Waals surface area contributed by atoms with Gasteiger partial charge >= 0.3 is 0 Å². The fourth-order valence-electron chi connectivity index (χ4n) is 2.84. The third-order valence-corrected chi connectivity index (χ3v) is 4.84. The van der Waals surface area contributed by atoms with Crippen molar-refractivity contribution in [2.24, 2.45) is 5.92 Å². The lowest BCUT2D eigenvalue weighted by Gasteiger charge is -2.28. The van der Waals surface area contributed by atoms with Crippen molar-refractivity contribution in [1.82, 2.24) is 14.5 Å². The molecule has 21 heavy (non-hydrogen) atoms. The maximum atomic E-state index is 12.5. The van der Waals surface area contributed by atoms with Crippen LogP contribution in [0.2, 0.25) is 0 Å². The van der Waals surface area contributed by atoms with Gasteiger partial charge in [-0.15, -0.1) is 11.3 Å². The number of methoxy groups -OCH3 is 1. The molecule has 1 aliphatic rings. The number of rotatable bonds is 4. The standard InChI is InChI=1S/C15H19N3O2S/c1-17(15(19)14-12(20-2)5-8-21-14)9-11-3-4-13-16-6-7-18(13)10-11/h5-8,11H,3-4,9-10H2,1-2H3. The van der Waals surface area contributed by atoms with Crippen LogP contribution in [0.1, 0.15) is 21.9 Å². The van der Waals surface area contributed by atoms with Crippen LogP contribution in [0, 0.1) is 5.92 Å². The average molecular weight is 305 g/mol. The third kappa shape index (κ3) is 2.81. The Hall–Kier alpha value is -1.82. The van der Waals surface area contributed by atoms with E-state index in [0.717, 1.165) is 31.8 Å². The Labute approximate surface area is 128 Å². The molecule has 3 rings (SSSR count). The van der Waals surface area contributed by atoms with E-state index in [1.165, 1.54) is 11.3 Å². The fourth-order valence-corrected chi connectivity index (χ4v) is 3.70. The molecule has 2 aromatic heterocycles. The van der Waals surface area contributed by atoms with Crippen LogP contribution in [-0.4, -0.2) is 41.1 Å². The number of hydrogen-bond donors (Lipinski definition) is 0. The molecule has 0 spiro atoms. The number of ether oxygens (including phenoxy) is 1. The van der Waals surface area contributed by atoms with Crippen LogP contribution in [-0.2, 0) is 13.0 Å². The number of carbonyl (C=O) groups excluding carboxylic acids is 1. The Morgan fingerprint density at radius 2 is 2.48 bits per heavy atom. The van der Waals surface area contributed by atoms with Crippen LogP contribution in [0.5, 0.6) is 5.75 Å². The second-order valence-electron chi connectivity index (χ2n) is 5.40. The Balaban J connectivity index is 1.64. The van der Waals surface area contributed by atoms with Crippen molar-refractivity contribution in [2.75, 3.05) is 20.7 Å². The maximum absolute atomic E-state index is 12.5. The highest BCUT2D eigenvalue weighted by atomic mass is 32.1. The molecule has 5 nitrogen and oxygen atoms in total. The first-order valence-electron chi connectivity index (χ1n) is 7.06. The predicted molar refractivity (Wildman–Crippen MR) is 81.9 cm³/mol. The van der Waals surface area contributed by atoms with E-state index >= 15 is 0 Å². The zero-order valence-electron chi connectivity index (χ0n) is 12.3. The third-order valence-electron chi connectivity index (χ3n) is 3.95. The lowest BCUT2D eigenvalue weighted by molar-refractivity contribution is 0.0762. The zero-order chi connectivity index (χ0) is 14.8. The Morgan fingerprint density at radius 3 is 3.29 bits per heavy atom. The van der Waals surface area contributed by atoms with Gasteiger partial charge in [-0.05, 0) is 23.8 Å². The fraction of sp³-hybridized carbons (Fsp3) is 0.467. The highest BCUT2D eigenvalue weighted by molar-refractivity contribution is 7.12. The Bertz CT molecular complexity index is 634. The van der Waals surface area contributed by atoms with E-state index < -0.39 is 0 Å². The number of amides is 1. The van der Waals surface area contributed by atoms with Gasteiger partial charge in [-0.3, -0.25) is 4.79 Å². The quantitative estimate of drug-likeness (QED) is 0.871. The van der Waals surface area contributed by atoms with Crippen LogP contribution in [0.4, 0.5) is 0 Å². The van der Waals surface area contributed by atoms with E-state index in [9.17, 15) is 4.79 Å². The van der Waals surface area contributed by atoms with Gasteiger partial charge in [-0.1, -0.05) is 0 Å². The van der Waals surface area contributed by atoms with Gasteiger partial charge in [-0.25, -0.2) is 4.98 Å². The summed E-state index contributed by atoms with van der Waals surface area (Å²) in [6, 6.07) is 1.84. The summed E-state index contributed by atoms with van der Waals surface area (Å²) in [6.45, 7) is 1.70. The van der Waals surface area contributed by atoms with Gasteiger partial charge < -0.3 is 14.2 Å². The maximum Gasteiger partial charge on any atom is 0.267 e. The van der Waals surface area contributed by atoms with Gasteiger partial charge in [0, 0.05) is 39.0 Å². The Kier molecular flexibility index (Phi) is 3.96. The molecule has 0 aromatic carbocycles. The molecule has 1 atom stereocenters. The average Bonchev–Trinajstić information content (AvgIpc) is 3.14. The number of aryl methyl sites for hydroxylation is 1. The molecule has 0 saturated heterocycles. The molecule has 2 aromatic rings. The predicted octanol–water partition coefficient (Wildman–Crippen LogP) is 2.29. The number of aromatic nitrogens is 2. The number of nitrogens with zero attached hydrogens (tertiary/aromatic N) is 3. The van der Waals surface area contributed by atoms with Crippen molar-refractivity contribution in [3.05, 3.63) is 34.5 Å². The van der Waals surface area contributed by atoms with Crippen molar-refractivity contribution >= 4 is 17.2 Å². The monoisotopic (exact) mass is 305 g/mol. The molecule has 0 bridgehead atoms. The number of carbonyl (C=O) groups is 1. The largest absolute Gasteiger partial charge is 0.495 e. The molecular formula is C15H19N3O2S. The number of thiophene rings is 1. The summed E-state index contributed by atoms with van der Waals surface area (Å²) >= 11 is 1.43. The molecule has 0 fully saturated rings. The SMILES string of the molecule is COc1ccsc1C(=O)N(C)CC1CCc2nccn2C1. The molecule has 1 unspecified atom stereocenters. The lowest BCUT2D eigenvalue weighted by atomic mass is 9.99. The summed E-state index contributed by atoms with van der Waals surface area (Å²) in [6.07, 6.45) is 5.94. The van der Waals surface area contributed by atoms with Crippen LogP contribution in [0.25, 0.3) is 0 Å². The summed E-state index contributed by atoms with van der Waals surface area (Å²) < 4.78 is 7.43. The number of hydrogen-bond acceptors (Lipinski definition) is 4. The Morgan fingerprint density at radius 1 is 1.62 bits per heavy atom. The van der Waals surface area contributed by atoms with E-state index in [-0.39, 0.29) is 5.91 Å². The summed E-state index contributed by atoms with van der Waals surface area (Å²) in [5, 5.41) is 1.89. The molecule has 6 heteroatoms. The highest BCUT2D eigenvalue weighted by Crippen LogP contribution is 2.26. The van der Waals surface area contributed by atoms with Crippen molar-refractivity contribution in [3.63, 3.8) is 0 Å². The molecule has 112 valence electrons. The topological polar surface area (TPSA) is 47.4 Å². The van der Waals surface area contributed by atoms with Gasteiger partial charge in [0.05, 0.1) is 7.11 Å². The van der Waals surface area contributed by atoms with E-state index in [1.54, 1.807) is 12.0 Å². The normalized spacial score (nSPS) is 17.3. The summed E-state index contributed by atoms with van der Waals surface area (Å²) in [4.78, 5) is 19.3. The van der Waals surface area contributed by atoms with Crippen molar-refractivity contribution < 1.29 is 9.53 Å². The molecule has 3 heterocycles. The van der Waals surface area contributed by atoms with Crippen molar-refractivity contribution in [1.29, 1.82) is 0 Å². The number of imidazole rings is 1. The van der Waals surface area contributed by atoms with Gasteiger partial charge in [0.25, 0.3) is 5.91 Å². The van der Waals surface area contributed by atoms with Crippen LogP contribution in [0.3, 0.4) is 0 Å². The van der Waals surface area contributed by atoms with Gasteiger partial charge in [0.15, 0.2) is 0 Å². The summed E-state index contributed by atoms with van der Waals surface area (Å²) in [5.41, 5.74) is 0. The molecular weight excluding hydrogens is 286 g/mol. The van der Waals surface area contributed by atoms with Crippen molar-refractivity contribution in [3.8, 4) is 5.75 Å². The second kappa shape index (κ2) is 5.89. The van der Waals surface area contributed by atoms with Gasteiger partial charge in [-0.2, -0.15) is 0 Å². The molecule has 1 amide bonds.